The first-order valence-corrected chi connectivity index (χ1v) is 6.60. The molecule has 0 spiro atoms. The Bertz CT molecular complexity index is 220. The topological polar surface area (TPSA) is 44.4 Å². The lowest BCUT2D eigenvalue weighted by atomic mass is 10.0. The Hall–Kier alpha value is -0.770. The van der Waals surface area contributed by atoms with Gasteiger partial charge in [0.15, 0.2) is 0 Å². The lowest BCUT2D eigenvalue weighted by molar-refractivity contribution is 0.189. The van der Waals surface area contributed by atoms with Crippen molar-refractivity contribution in [2.24, 2.45) is 5.92 Å². The second kappa shape index (κ2) is 6.09. The van der Waals surface area contributed by atoms with Crippen LogP contribution < -0.4 is 10.6 Å². The van der Waals surface area contributed by atoms with Crippen molar-refractivity contribution in [2.45, 2.75) is 32.1 Å². The molecule has 92 valence electrons. The number of carbonyl (C=O) groups is 1. The molecular formula is C12H23N3O. The molecule has 2 N–H and O–H groups in total. The molecule has 1 saturated carbocycles. The van der Waals surface area contributed by atoms with Crippen molar-refractivity contribution in [3.8, 4) is 0 Å². The third-order valence-electron chi connectivity index (χ3n) is 3.71. The smallest absolute Gasteiger partial charge is 0.317 e. The highest BCUT2D eigenvalue weighted by molar-refractivity contribution is 5.74. The van der Waals surface area contributed by atoms with Gasteiger partial charge in [-0.05, 0) is 12.3 Å². The molecule has 0 aromatic rings. The van der Waals surface area contributed by atoms with E-state index in [0.717, 1.165) is 45.1 Å². The van der Waals surface area contributed by atoms with Crippen molar-refractivity contribution in [3.05, 3.63) is 0 Å². The zero-order valence-corrected chi connectivity index (χ0v) is 10.0. The summed E-state index contributed by atoms with van der Waals surface area (Å²) in [6, 6.07) is 0.125. The summed E-state index contributed by atoms with van der Waals surface area (Å²) in [7, 11) is 0. The van der Waals surface area contributed by atoms with E-state index >= 15 is 0 Å². The Balaban J connectivity index is 1.59. The molecule has 2 aliphatic rings. The van der Waals surface area contributed by atoms with Crippen LogP contribution in [0.15, 0.2) is 0 Å². The highest BCUT2D eigenvalue weighted by Gasteiger charge is 2.17. The Labute approximate surface area is 97.8 Å². The summed E-state index contributed by atoms with van der Waals surface area (Å²) in [6.45, 7) is 4.39. The van der Waals surface area contributed by atoms with Crippen LogP contribution in [0.2, 0.25) is 0 Å². The number of urea groups is 1. The first-order chi connectivity index (χ1) is 7.86. The summed E-state index contributed by atoms with van der Waals surface area (Å²) in [6.07, 6.45) is 6.66. The number of amides is 2. The van der Waals surface area contributed by atoms with Gasteiger partial charge >= 0.3 is 6.03 Å². The van der Waals surface area contributed by atoms with Crippen LogP contribution in [0, 0.1) is 5.92 Å². The zero-order chi connectivity index (χ0) is 11.2. The quantitative estimate of drug-likeness (QED) is 0.757. The fraction of sp³-hybridized carbons (Fsp3) is 0.917. The summed E-state index contributed by atoms with van der Waals surface area (Å²) in [5, 5.41) is 6.29. The fourth-order valence-corrected chi connectivity index (χ4v) is 2.66. The van der Waals surface area contributed by atoms with Crippen LogP contribution in [-0.4, -0.2) is 43.7 Å². The summed E-state index contributed by atoms with van der Waals surface area (Å²) in [4.78, 5) is 13.7. The van der Waals surface area contributed by atoms with Gasteiger partial charge in [0, 0.05) is 32.7 Å². The first-order valence-electron chi connectivity index (χ1n) is 6.60. The van der Waals surface area contributed by atoms with Crippen molar-refractivity contribution in [1.29, 1.82) is 0 Å². The molecule has 0 aromatic heterocycles. The summed E-state index contributed by atoms with van der Waals surface area (Å²) in [5.41, 5.74) is 0. The third-order valence-corrected chi connectivity index (χ3v) is 3.71. The van der Waals surface area contributed by atoms with Gasteiger partial charge in [0.05, 0.1) is 0 Å². The average Bonchev–Trinajstić information content (AvgIpc) is 2.83. The van der Waals surface area contributed by atoms with Gasteiger partial charge in [-0.25, -0.2) is 4.79 Å². The molecule has 0 radical (unpaired) electrons. The largest absolute Gasteiger partial charge is 0.338 e. The SMILES string of the molecule is O=C(NCCC1CCCC1)N1CCNCC1. The van der Waals surface area contributed by atoms with Gasteiger partial charge in [-0.2, -0.15) is 0 Å². The van der Waals surface area contributed by atoms with Crippen molar-refractivity contribution < 1.29 is 4.79 Å². The molecule has 1 aliphatic carbocycles. The van der Waals surface area contributed by atoms with E-state index in [0.29, 0.717) is 0 Å². The van der Waals surface area contributed by atoms with E-state index in [1.54, 1.807) is 0 Å². The van der Waals surface area contributed by atoms with Crippen LogP contribution in [0.4, 0.5) is 4.79 Å². The van der Waals surface area contributed by atoms with Gasteiger partial charge in [0.25, 0.3) is 0 Å². The lowest BCUT2D eigenvalue weighted by Gasteiger charge is -2.27. The van der Waals surface area contributed by atoms with Crippen molar-refractivity contribution in [2.75, 3.05) is 32.7 Å². The fourth-order valence-electron chi connectivity index (χ4n) is 2.66. The summed E-state index contributed by atoms with van der Waals surface area (Å²) >= 11 is 0. The molecule has 0 unspecified atom stereocenters. The first kappa shape index (κ1) is 11.7. The Morgan fingerprint density at radius 3 is 2.62 bits per heavy atom. The number of piperazine rings is 1. The van der Waals surface area contributed by atoms with Gasteiger partial charge in [0.1, 0.15) is 0 Å². The highest BCUT2D eigenvalue weighted by atomic mass is 16.2. The molecule has 2 fully saturated rings. The summed E-state index contributed by atoms with van der Waals surface area (Å²) < 4.78 is 0. The van der Waals surface area contributed by atoms with Gasteiger partial charge in [-0.1, -0.05) is 25.7 Å². The van der Waals surface area contributed by atoms with Gasteiger partial charge in [-0.15, -0.1) is 0 Å². The van der Waals surface area contributed by atoms with Crippen molar-refractivity contribution in [1.82, 2.24) is 15.5 Å². The molecule has 0 atom stereocenters. The van der Waals surface area contributed by atoms with Crippen LogP contribution in [0.3, 0.4) is 0 Å². The predicted octanol–water partition coefficient (Wildman–Crippen LogP) is 1.18. The van der Waals surface area contributed by atoms with E-state index in [1.165, 1.54) is 25.7 Å². The van der Waals surface area contributed by atoms with E-state index in [4.69, 9.17) is 0 Å². The zero-order valence-electron chi connectivity index (χ0n) is 10.0. The maximum absolute atomic E-state index is 11.8. The normalized spacial score (nSPS) is 22.4. The third kappa shape index (κ3) is 3.37. The van der Waals surface area contributed by atoms with E-state index in [9.17, 15) is 4.79 Å². The molecule has 1 aliphatic heterocycles. The summed E-state index contributed by atoms with van der Waals surface area (Å²) in [5.74, 6) is 0.864. The maximum atomic E-state index is 11.8. The van der Waals surface area contributed by atoms with E-state index in [1.807, 2.05) is 4.90 Å². The number of rotatable bonds is 3. The number of hydrogen-bond donors (Lipinski definition) is 2. The monoisotopic (exact) mass is 225 g/mol. The standard InChI is InChI=1S/C12H23N3O/c16-12(15-9-7-13-8-10-15)14-6-5-11-3-1-2-4-11/h11,13H,1-10H2,(H,14,16). The minimum atomic E-state index is 0.125. The molecule has 0 bridgehead atoms. The average molecular weight is 225 g/mol. The predicted molar refractivity (Wildman–Crippen MR) is 64.4 cm³/mol. The number of nitrogens with one attached hydrogen (secondary N) is 2. The lowest BCUT2D eigenvalue weighted by Crippen LogP contribution is -2.50. The Morgan fingerprint density at radius 2 is 1.94 bits per heavy atom. The van der Waals surface area contributed by atoms with Crippen LogP contribution >= 0.6 is 0 Å². The molecule has 0 aromatic carbocycles. The van der Waals surface area contributed by atoms with Crippen LogP contribution in [0.25, 0.3) is 0 Å². The minimum Gasteiger partial charge on any atom is -0.338 e. The minimum absolute atomic E-state index is 0.125. The Kier molecular flexibility index (Phi) is 4.45. The van der Waals surface area contributed by atoms with Crippen molar-refractivity contribution >= 4 is 6.03 Å². The van der Waals surface area contributed by atoms with Gasteiger partial charge < -0.3 is 15.5 Å². The van der Waals surface area contributed by atoms with Gasteiger partial charge in [-0.3, -0.25) is 0 Å². The molecule has 4 nitrogen and oxygen atoms in total. The second-order valence-electron chi connectivity index (χ2n) is 4.91. The van der Waals surface area contributed by atoms with Crippen LogP contribution in [0.5, 0.6) is 0 Å². The van der Waals surface area contributed by atoms with E-state index < -0.39 is 0 Å². The molecule has 1 heterocycles. The number of hydrogen-bond acceptors (Lipinski definition) is 2. The Morgan fingerprint density at radius 1 is 1.25 bits per heavy atom. The van der Waals surface area contributed by atoms with E-state index in [-0.39, 0.29) is 6.03 Å². The van der Waals surface area contributed by atoms with Crippen molar-refractivity contribution in [3.63, 3.8) is 0 Å². The van der Waals surface area contributed by atoms with Crippen LogP contribution in [-0.2, 0) is 0 Å². The number of nitrogens with zero attached hydrogens (tertiary/aromatic N) is 1. The maximum Gasteiger partial charge on any atom is 0.317 e. The molecule has 4 heteroatoms. The van der Waals surface area contributed by atoms with E-state index in [2.05, 4.69) is 10.6 Å². The molecule has 2 rings (SSSR count). The molecular weight excluding hydrogens is 202 g/mol. The highest BCUT2D eigenvalue weighted by Crippen LogP contribution is 2.26. The number of carbonyl (C=O) groups excluding carboxylic acids is 1. The molecule has 2 amide bonds. The molecule has 16 heavy (non-hydrogen) atoms. The van der Waals surface area contributed by atoms with Crippen LogP contribution in [0.1, 0.15) is 32.1 Å². The molecule has 1 saturated heterocycles. The second-order valence-corrected chi connectivity index (χ2v) is 4.91. The van der Waals surface area contributed by atoms with Gasteiger partial charge in [0.2, 0.25) is 0 Å².